The van der Waals surface area contributed by atoms with Gasteiger partial charge in [-0.3, -0.25) is 0 Å². The minimum Gasteiger partial charge on any atom is -0.444 e. The molecule has 0 amide bonds. The first kappa shape index (κ1) is 16.9. The molecule has 4 rings (SSSR count). The van der Waals surface area contributed by atoms with Gasteiger partial charge in [-0.25, -0.2) is 9.66 Å². The quantitative estimate of drug-likeness (QED) is 0.376. The molecule has 0 radical (unpaired) electrons. The number of oxazole rings is 1. The van der Waals surface area contributed by atoms with Gasteiger partial charge in [-0.1, -0.05) is 58.0 Å². The molecule has 26 heavy (non-hydrogen) atoms. The van der Waals surface area contributed by atoms with Crippen molar-refractivity contribution in [3.8, 4) is 22.8 Å². The normalized spacial score (nSPS) is 11.0. The predicted molar refractivity (Wildman–Crippen MR) is 105 cm³/mol. The van der Waals surface area contributed by atoms with E-state index >= 15 is 0 Å². The van der Waals surface area contributed by atoms with Crippen molar-refractivity contribution < 1.29 is 4.42 Å². The molecule has 2 aromatic carbocycles. The van der Waals surface area contributed by atoms with Crippen LogP contribution in [0.25, 0.3) is 22.8 Å². The van der Waals surface area contributed by atoms with Crippen LogP contribution in [0.15, 0.2) is 74.9 Å². The summed E-state index contributed by atoms with van der Waals surface area (Å²) in [7, 11) is 0. The maximum atomic E-state index is 6.17. The highest BCUT2D eigenvalue weighted by Crippen LogP contribution is 2.29. The number of benzene rings is 2. The monoisotopic (exact) mass is 427 g/mol. The number of nitrogen functional groups attached to an aromatic ring is 1. The maximum Gasteiger partial charge on any atom is 0.226 e. The summed E-state index contributed by atoms with van der Waals surface area (Å²) in [6, 6.07) is 17.5. The maximum absolute atomic E-state index is 6.17. The second-order valence-corrected chi connectivity index (χ2v) is 7.25. The molecule has 0 saturated heterocycles. The Hall–Kier alpha value is -2.58. The number of aromatic nitrogens is 4. The number of nitrogens with zero attached hydrogens (tertiary/aromatic N) is 4. The zero-order chi connectivity index (χ0) is 17.9. The van der Waals surface area contributed by atoms with E-state index in [2.05, 4.69) is 31.1 Å². The van der Waals surface area contributed by atoms with Crippen LogP contribution >= 0.6 is 27.7 Å². The summed E-state index contributed by atoms with van der Waals surface area (Å²) in [6.07, 6.45) is 1.65. The number of thioether (sulfide) groups is 1. The van der Waals surface area contributed by atoms with Gasteiger partial charge in [0.2, 0.25) is 11.0 Å². The van der Waals surface area contributed by atoms with Gasteiger partial charge in [0.25, 0.3) is 0 Å². The van der Waals surface area contributed by atoms with E-state index in [0.29, 0.717) is 22.6 Å². The van der Waals surface area contributed by atoms with Crippen LogP contribution in [0.3, 0.4) is 0 Å². The van der Waals surface area contributed by atoms with Crippen molar-refractivity contribution in [3.05, 3.63) is 71.0 Å². The highest BCUT2D eigenvalue weighted by Gasteiger charge is 2.15. The van der Waals surface area contributed by atoms with Gasteiger partial charge in [0.05, 0.1) is 5.69 Å². The van der Waals surface area contributed by atoms with Crippen molar-refractivity contribution in [2.45, 2.75) is 10.9 Å². The van der Waals surface area contributed by atoms with Crippen LogP contribution in [-0.2, 0) is 5.75 Å². The molecule has 0 fully saturated rings. The standard InChI is InChI=1S/C18H14BrN5OS/c19-15-9-5-4-8-14(15)16-22-23-18(24(16)20)26-11-13-10-25-17(21-13)12-6-2-1-3-7-12/h1-10H,11,20H2. The van der Waals surface area contributed by atoms with Crippen molar-refractivity contribution in [2.75, 3.05) is 5.84 Å². The van der Waals surface area contributed by atoms with Gasteiger partial charge in [0, 0.05) is 21.4 Å². The molecule has 2 aromatic heterocycles. The minimum atomic E-state index is 0.585. The molecule has 0 aliphatic heterocycles. The Morgan fingerprint density at radius 3 is 2.62 bits per heavy atom. The van der Waals surface area contributed by atoms with E-state index in [-0.39, 0.29) is 0 Å². The molecular formula is C18H14BrN5OS. The van der Waals surface area contributed by atoms with E-state index in [1.165, 1.54) is 16.4 Å². The molecule has 6 nitrogen and oxygen atoms in total. The molecule has 0 aliphatic carbocycles. The van der Waals surface area contributed by atoms with E-state index in [9.17, 15) is 0 Å². The third-order valence-corrected chi connectivity index (χ3v) is 5.37. The van der Waals surface area contributed by atoms with Gasteiger partial charge in [-0.2, -0.15) is 0 Å². The van der Waals surface area contributed by atoms with Crippen LogP contribution in [0.5, 0.6) is 0 Å². The Morgan fingerprint density at radius 1 is 1.04 bits per heavy atom. The molecule has 2 N–H and O–H groups in total. The van der Waals surface area contributed by atoms with Crippen LogP contribution < -0.4 is 5.84 Å². The molecule has 0 unspecified atom stereocenters. The average molecular weight is 428 g/mol. The lowest BCUT2D eigenvalue weighted by Gasteiger charge is -2.04. The SMILES string of the molecule is Nn1c(SCc2coc(-c3ccccc3)n2)nnc1-c1ccccc1Br. The van der Waals surface area contributed by atoms with Gasteiger partial charge in [0.1, 0.15) is 6.26 Å². The molecule has 130 valence electrons. The fraction of sp³-hybridized carbons (Fsp3) is 0.0556. The first-order valence-corrected chi connectivity index (χ1v) is 9.58. The first-order chi connectivity index (χ1) is 12.7. The smallest absolute Gasteiger partial charge is 0.226 e. The summed E-state index contributed by atoms with van der Waals surface area (Å²) >= 11 is 4.97. The molecule has 0 atom stereocenters. The molecule has 2 heterocycles. The minimum absolute atomic E-state index is 0.585. The van der Waals surface area contributed by atoms with E-state index in [1.54, 1.807) is 6.26 Å². The average Bonchev–Trinajstić information content (AvgIpc) is 3.28. The molecule has 0 saturated carbocycles. The zero-order valence-electron chi connectivity index (χ0n) is 13.5. The Kier molecular flexibility index (Phi) is 4.77. The van der Waals surface area contributed by atoms with Crippen LogP contribution in [0.2, 0.25) is 0 Å². The van der Waals surface area contributed by atoms with Crippen molar-refractivity contribution in [3.63, 3.8) is 0 Å². The van der Waals surface area contributed by atoms with Crippen LogP contribution in [0.4, 0.5) is 0 Å². The van der Waals surface area contributed by atoms with Crippen molar-refractivity contribution in [2.24, 2.45) is 0 Å². The number of rotatable bonds is 5. The van der Waals surface area contributed by atoms with Crippen LogP contribution in [0.1, 0.15) is 5.69 Å². The second-order valence-electron chi connectivity index (χ2n) is 5.45. The number of nitrogens with two attached hydrogens (primary N) is 1. The largest absolute Gasteiger partial charge is 0.444 e. The summed E-state index contributed by atoms with van der Waals surface area (Å²) < 4.78 is 7.96. The van der Waals surface area contributed by atoms with Crippen molar-refractivity contribution >= 4 is 27.7 Å². The zero-order valence-corrected chi connectivity index (χ0v) is 15.9. The molecule has 0 aliphatic rings. The highest BCUT2D eigenvalue weighted by molar-refractivity contribution is 9.10. The van der Waals surface area contributed by atoms with Crippen molar-refractivity contribution in [1.82, 2.24) is 19.9 Å². The highest BCUT2D eigenvalue weighted by atomic mass is 79.9. The van der Waals surface area contributed by atoms with E-state index in [0.717, 1.165) is 21.3 Å². The second kappa shape index (κ2) is 7.35. The van der Waals surface area contributed by atoms with Crippen molar-refractivity contribution in [1.29, 1.82) is 0 Å². The van der Waals surface area contributed by atoms with E-state index in [4.69, 9.17) is 10.3 Å². The molecule has 8 heteroatoms. The third-order valence-electron chi connectivity index (χ3n) is 3.70. The predicted octanol–water partition coefficient (Wildman–Crippen LogP) is 4.37. The van der Waals surface area contributed by atoms with Crippen LogP contribution in [0, 0.1) is 0 Å². The summed E-state index contributed by atoms with van der Waals surface area (Å²) in [5, 5.41) is 9.00. The lowest BCUT2D eigenvalue weighted by atomic mass is 10.2. The number of hydrogen-bond donors (Lipinski definition) is 1. The number of hydrogen-bond acceptors (Lipinski definition) is 6. The summed E-state index contributed by atoms with van der Waals surface area (Å²) in [4.78, 5) is 4.51. The molecular weight excluding hydrogens is 414 g/mol. The van der Waals surface area contributed by atoms with Gasteiger partial charge in [0.15, 0.2) is 5.82 Å². The summed E-state index contributed by atoms with van der Waals surface area (Å²) in [5.41, 5.74) is 2.66. The van der Waals surface area contributed by atoms with E-state index < -0.39 is 0 Å². The first-order valence-electron chi connectivity index (χ1n) is 7.80. The fourth-order valence-electron chi connectivity index (χ4n) is 2.43. The van der Waals surface area contributed by atoms with Gasteiger partial charge >= 0.3 is 0 Å². The topological polar surface area (TPSA) is 82.8 Å². The third kappa shape index (κ3) is 3.38. The lowest BCUT2D eigenvalue weighted by Crippen LogP contribution is -2.11. The Labute approximate surface area is 162 Å². The lowest BCUT2D eigenvalue weighted by molar-refractivity contribution is 0.573. The van der Waals surface area contributed by atoms with E-state index in [1.807, 2.05) is 54.6 Å². The summed E-state index contributed by atoms with van der Waals surface area (Å²) in [6.45, 7) is 0. The molecule has 0 spiro atoms. The Balaban J connectivity index is 1.50. The number of halogens is 1. The Morgan fingerprint density at radius 2 is 1.81 bits per heavy atom. The molecule has 0 bridgehead atoms. The van der Waals surface area contributed by atoms with Gasteiger partial charge < -0.3 is 10.3 Å². The Bertz CT molecular complexity index is 1030. The summed E-state index contributed by atoms with van der Waals surface area (Å²) in [5.74, 6) is 7.96. The van der Waals surface area contributed by atoms with Gasteiger partial charge in [-0.05, 0) is 24.3 Å². The fourth-order valence-corrected chi connectivity index (χ4v) is 3.62. The van der Waals surface area contributed by atoms with Gasteiger partial charge in [-0.15, -0.1) is 10.2 Å². The molecule has 4 aromatic rings. The van der Waals surface area contributed by atoms with Crippen LogP contribution in [-0.4, -0.2) is 19.9 Å².